The standard InChI is InChI=1S/C21H24O4.C10H18O4.C6H6O.C3H5ClO.CH2O/c1-21(2,15-3-7-17(8-4-15)22-11-19-13-24-19)16-5-9-18(10-6-16)23-12-20-14-25-20;1(3-11-5-9-7-13-9)2-4-12-6-10-8-14-10;7-6-4-2-1-3-5-6;4-1-3-2-5-3;1-2/h3-10,19-20H,11-14H2,1-2H3;9-10H,1-8H2;1-5,7H;3H,1-2H2;1H2. The molecule has 0 aliphatic carbocycles. The first kappa shape index (κ1) is 42.5. The molecule has 5 unspecified atom stereocenters. The van der Waals surface area contributed by atoms with E-state index in [0.717, 1.165) is 83.8 Å². The predicted molar refractivity (Wildman–Crippen MR) is 202 cm³/mol. The number of phenols is 1. The van der Waals surface area contributed by atoms with Crippen molar-refractivity contribution >= 4 is 18.4 Å². The van der Waals surface area contributed by atoms with Crippen molar-refractivity contribution in [2.24, 2.45) is 0 Å². The number of carbonyl (C=O) groups excluding carboxylic acids is 1. The van der Waals surface area contributed by atoms with Crippen molar-refractivity contribution in [1.29, 1.82) is 0 Å². The molecule has 53 heavy (non-hydrogen) atoms. The Bertz CT molecular complexity index is 1290. The zero-order valence-electron chi connectivity index (χ0n) is 30.9. The summed E-state index contributed by atoms with van der Waals surface area (Å²) in [5.41, 5.74) is 2.42. The Morgan fingerprint density at radius 1 is 0.604 bits per heavy atom. The van der Waals surface area contributed by atoms with Gasteiger partial charge in [0.1, 0.15) is 61.7 Å². The fourth-order valence-electron chi connectivity index (χ4n) is 4.56. The Morgan fingerprint density at radius 3 is 1.25 bits per heavy atom. The van der Waals surface area contributed by atoms with Gasteiger partial charge in [-0.2, -0.15) is 0 Å². The first-order chi connectivity index (χ1) is 25.9. The van der Waals surface area contributed by atoms with Gasteiger partial charge < -0.3 is 52.5 Å². The summed E-state index contributed by atoms with van der Waals surface area (Å²) in [4.78, 5) is 8.00. The van der Waals surface area contributed by atoms with E-state index in [0.29, 0.717) is 43.2 Å². The molecule has 0 saturated carbocycles. The molecule has 0 aromatic heterocycles. The maximum absolute atomic E-state index is 8.63. The molecule has 0 bridgehead atoms. The molecular formula is C41H55ClO11. The lowest BCUT2D eigenvalue weighted by atomic mass is 9.78. The Kier molecular flexibility index (Phi) is 18.8. The molecule has 12 heteroatoms. The largest absolute Gasteiger partial charge is 0.508 e. The number of phenolic OH excluding ortho intramolecular Hbond substituents is 1. The van der Waals surface area contributed by atoms with Crippen LogP contribution < -0.4 is 9.47 Å². The van der Waals surface area contributed by atoms with Crippen LogP contribution in [0.25, 0.3) is 0 Å². The molecule has 3 aromatic rings. The molecule has 3 aromatic carbocycles. The minimum Gasteiger partial charge on any atom is -0.508 e. The lowest BCUT2D eigenvalue weighted by Crippen LogP contribution is -2.18. The number of ether oxygens (including phenoxy) is 9. The highest BCUT2D eigenvalue weighted by Gasteiger charge is 2.26. The highest BCUT2D eigenvalue weighted by Crippen LogP contribution is 2.33. The lowest BCUT2D eigenvalue weighted by molar-refractivity contribution is -0.0980. The topological polar surface area (TPSA) is 137 Å². The van der Waals surface area contributed by atoms with Gasteiger partial charge in [-0.05, 0) is 60.4 Å². The van der Waals surface area contributed by atoms with E-state index in [9.17, 15) is 0 Å². The first-order valence-electron chi connectivity index (χ1n) is 18.2. The fourth-order valence-corrected chi connectivity index (χ4v) is 4.74. The van der Waals surface area contributed by atoms with Crippen molar-refractivity contribution in [3.8, 4) is 17.2 Å². The van der Waals surface area contributed by atoms with Crippen molar-refractivity contribution in [3.63, 3.8) is 0 Å². The summed E-state index contributed by atoms with van der Waals surface area (Å²) >= 11 is 5.27. The van der Waals surface area contributed by atoms with E-state index in [1.165, 1.54) is 11.1 Å². The van der Waals surface area contributed by atoms with Crippen LogP contribution in [0.4, 0.5) is 0 Å². The molecule has 5 atom stereocenters. The molecule has 5 aliphatic rings. The maximum Gasteiger partial charge on any atom is 0.119 e. The van der Waals surface area contributed by atoms with Crippen LogP contribution in [-0.4, -0.2) is 121 Å². The van der Waals surface area contributed by atoms with Crippen LogP contribution >= 0.6 is 11.6 Å². The number of para-hydroxylation sites is 1. The number of rotatable bonds is 18. The molecule has 0 radical (unpaired) electrons. The minimum absolute atomic E-state index is 0.0870. The first-order valence-corrected chi connectivity index (χ1v) is 18.7. The van der Waals surface area contributed by atoms with Gasteiger partial charge in [0.25, 0.3) is 0 Å². The van der Waals surface area contributed by atoms with Crippen molar-refractivity contribution < 1.29 is 52.5 Å². The number of halogens is 1. The number of benzene rings is 3. The van der Waals surface area contributed by atoms with Crippen LogP contribution in [0.1, 0.15) is 37.8 Å². The van der Waals surface area contributed by atoms with Crippen LogP contribution in [0.3, 0.4) is 0 Å². The van der Waals surface area contributed by atoms with Crippen LogP contribution in [0.15, 0.2) is 78.9 Å². The fraction of sp³-hybridized carbons (Fsp3) is 0.537. The van der Waals surface area contributed by atoms with Gasteiger partial charge in [0.05, 0.1) is 58.2 Å². The molecule has 0 amide bonds. The number of epoxide rings is 5. The third-order valence-electron chi connectivity index (χ3n) is 8.40. The Labute approximate surface area is 318 Å². The monoisotopic (exact) mass is 758 g/mol. The molecule has 1 N–H and O–H groups in total. The van der Waals surface area contributed by atoms with Gasteiger partial charge in [-0.1, -0.05) is 56.3 Å². The molecule has 292 valence electrons. The summed E-state index contributed by atoms with van der Waals surface area (Å²) in [5, 5.41) is 8.63. The van der Waals surface area contributed by atoms with Crippen molar-refractivity contribution in [3.05, 3.63) is 90.0 Å². The second-order valence-electron chi connectivity index (χ2n) is 13.4. The lowest BCUT2D eigenvalue weighted by Gasteiger charge is -2.26. The van der Waals surface area contributed by atoms with E-state index in [4.69, 9.17) is 64.1 Å². The third-order valence-corrected chi connectivity index (χ3v) is 8.74. The Morgan fingerprint density at radius 2 is 0.962 bits per heavy atom. The molecule has 5 heterocycles. The van der Waals surface area contributed by atoms with E-state index in [-0.39, 0.29) is 17.6 Å². The van der Waals surface area contributed by atoms with E-state index < -0.39 is 0 Å². The summed E-state index contributed by atoms with van der Waals surface area (Å²) in [6, 6.07) is 25.4. The van der Waals surface area contributed by atoms with Gasteiger partial charge in [-0.25, -0.2) is 0 Å². The number of carbonyl (C=O) groups is 1. The smallest absolute Gasteiger partial charge is 0.119 e. The maximum atomic E-state index is 8.63. The summed E-state index contributed by atoms with van der Waals surface area (Å²) < 4.78 is 47.3. The zero-order valence-corrected chi connectivity index (χ0v) is 31.7. The summed E-state index contributed by atoms with van der Waals surface area (Å²) in [6.07, 6.45) is 3.87. The van der Waals surface area contributed by atoms with Crippen molar-refractivity contribution in [2.45, 2.75) is 62.6 Å². The third kappa shape index (κ3) is 19.1. The highest BCUT2D eigenvalue weighted by atomic mass is 35.5. The average molecular weight is 759 g/mol. The number of aromatic hydroxyl groups is 1. The second-order valence-corrected chi connectivity index (χ2v) is 13.7. The molecule has 5 fully saturated rings. The van der Waals surface area contributed by atoms with Crippen molar-refractivity contribution in [2.75, 3.05) is 78.6 Å². The molecule has 11 nitrogen and oxygen atoms in total. The van der Waals surface area contributed by atoms with Crippen molar-refractivity contribution in [1.82, 2.24) is 0 Å². The predicted octanol–water partition coefficient (Wildman–Crippen LogP) is 6.00. The molecule has 8 rings (SSSR count). The van der Waals surface area contributed by atoms with E-state index in [2.05, 4.69) is 38.1 Å². The van der Waals surface area contributed by atoms with Gasteiger partial charge in [0.15, 0.2) is 0 Å². The van der Waals surface area contributed by atoms with E-state index in [1.807, 2.05) is 37.1 Å². The van der Waals surface area contributed by atoms with Crippen LogP contribution in [0, 0.1) is 0 Å². The quantitative estimate of drug-likeness (QED) is 0.0930. The number of unbranched alkanes of at least 4 members (excludes halogenated alkanes) is 1. The summed E-state index contributed by atoms with van der Waals surface area (Å²) in [7, 11) is 0. The SMILES string of the molecule is C(CCOCC1CO1)COCC1CO1.C=O.CC(C)(c1ccc(OCC2CO2)cc1)c1ccc(OCC2CO2)cc1.ClCC1CO1.Oc1ccccc1. The number of alkyl halides is 1. The van der Waals surface area contributed by atoms with Crippen LogP contribution in [0.2, 0.25) is 0 Å². The number of hydrogen-bond acceptors (Lipinski definition) is 11. The number of hydrogen-bond donors (Lipinski definition) is 1. The Hall–Kier alpha value is -3.26. The second kappa shape index (κ2) is 23.5. The molecular weight excluding hydrogens is 704 g/mol. The summed E-state index contributed by atoms with van der Waals surface area (Å²) in [5.74, 6) is 2.77. The van der Waals surface area contributed by atoms with E-state index >= 15 is 0 Å². The highest BCUT2D eigenvalue weighted by molar-refractivity contribution is 6.18. The van der Waals surface area contributed by atoms with Gasteiger partial charge in [0, 0.05) is 18.6 Å². The van der Waals surface area contributed by atoms with Crippen LogP contribution in [0.5, 0.6) is 17.2 Å². The molecule has 5 aliphatic heterocycles. The zero-order chi connectivity index (χ0) is 37.7. The molecule has 0 spiro atoms. The van der Waals surface area contributed by atoms with Gasteiger partial charge >= 0.3 is 0 Å². The van der Waals surface area contributed by atoms with Gasteiger partial charge in [-0.3, -0.25) is 0 Å². The Balaban J connectivity index is 0.000000186. The normalized spacial score (nSPS) is 22.4. The van der Waals surface area contributed by atoms with Crippen LogP contribution in [-0.2, 0) is 43.4 Å². The van der Waals surface area contributed by atoms with Gasteiger partial charge in [-0.15, -0.1) is 11.6 Å². The van der Waals surface area contributed by atoms with E-state index in [1.54, 1.807) is 24.3 Å². The minimum atomic E-state index is -0.0870. The van der Waals surface area contributed by atoms with Gasteiger partial charge in [0.2, 0.25) is 0 Å². The summed E-state index contributed by atoms with van der Waals surface area (Å²) in [6.45, 7) is 15.2. The average Bonchev–Trinajstić information content (AvgIpc) is 3.99. The molecule has 5 saturated heterocycles.